The van der Waals surface area contributed by atoms with E-state index in [4.69, 9.17) is 14.4 Å². The Hall–Kier alpha value is -2.39. The molecule has 0 amide bonds. The second-order valence-electron chi connectivity index (χ2n) is 4.94. The summed E-state index contributed by atoms with van der Waals surface area (Å²) >= 11 is 0. The molecular formula is C15H16N4O2. The average Bonchev–Trinajstić information content (AvgIpc) is 3.16. The Balaban J connectivity index is 1.55. The molecule has 0 saturated carbocycles. The predicted molar refractivity (Wildman–Crippen MR) is 75.2 cm³/mol. The fourth-order valence-electron chi connectivity index (χ4n) is 2.38. The molecule has 1 fully saturated rings. The number of nitriles is 1. The van der Waals surface area contributed by atoms with Crippen LogP contribution in [0.2, 0.25) is 0 Å². The lowest BCUT2D eigenvalue weighted by Gasteiger charge is -2.15. The van der Waals surface area contributed by atoms with Crippen molar-refractivity contribution in [3.63, 3.8) is 0 Å². The molecule has 1 aromatic carbocycles. The van der Waals surface area contributed by atoms with Crippen LogP contribution in [-0.4, -0.2) is 22.8 Å². The second-order valence-corrected chi connectivity index (χ2v) is 4.94. The highest BCUT2D eigenvalue weighted by atomic mass is 16.5. The minimum Gasteiger partial charge on any atom is -0.405 e. The van der Waals surface area contributed by atoms with Crippen LogP contribution in [0.1, 0.15) is 24.3 Å². The number of nitrogens with zero attached hydrogens (tertiary/aromatic N) is 4. The number of hydrogen-bond acceptors (Lipinski definition) is 6. The van der Waals surface area contributed by atoms with Crippen LogP contribution in [0.15, 0.2) is 34.7 Å². The summed E-state index contributed by atoms with van der Waals surface area (Å²) in [4.78, 5) is 1.85. The molecule has 1 aromatic heterocycles. The summed E-state index contributed by atoms with van der Waals surface area (Å²) in [5, 5.41) is 17.0. The van der Waals surface area contributed by atoms with Crippen molar-refractivity contribution in [3.05, 3.63) is 41.8 Å². The van der Waals surface area contributed by atoms with Gasteiger partial charge in [-0.05, 0) is 18.4 Å². The highest BCUT2D eigenvalue weighted by Crippen LogP contribution is 2.23. The van der Waals surface area contributed by atoms with E-state index in [1.807, 2.05) is 35.2 Å². The third kappa shape index (κ3) is 3.20. The van der Waals surface area contributed by atoms with Gasteiger partial charge in [0.15, 0.2) is 0 Å². The van der Waals surface area contributed by atoms with E-state index in [9.17, 15) is 0 Å². The standard InChI is InChI=1S/C15H16N4O2/c16-9-13-7-4-8-19(13)15-18-17-14(21-15)11-20-10-12-5-2-1-3-6-12/h1-3,5-6,13H,4,7-8,10-11H2. The van der Waals surface area contributed by atoms with Gasteiger partial charge in [-0.2, -0.15) is 5.26 Å². The van der Waals surface area contributed by atoms with E-state index in [0.29, 0.717) is 18.5 Å². The number of rotatable bonds is 5. The molecule has 2 aromatic rings. The number of hydrogen-bond donors (Lipinski definition) is 0. The molecule has 1 atom stereocenters. The first-order chi connectivity index (χ1) is 10.4. The van der Waals surface area contributed by atoms with E-state index in [1.165, 1.54) is 0 Å². The molecule has 0 spiro atoms. The molecule has 0 N–H and O–H groups in total. The third-order valence-electron chi connectivity index (χ3n) is 3.44. The van der Waals surface area contributed by atoms with E-state index in [2.05, 4.69) is 16.3 Å². The van der Waals surface area contributed by atoms with Crippen molar-refractivity contribution >= 4 is 6.01 Å². The molecule has 108 valence electrons. The fraction of sp³-hybridized carbons (Fsp3) is 0.400. The maximum absolute atomic E-state index is 9.07. The minimum absolute atomic E-state index is 0.163. The molecule has 2 heterocycles. The van der Waals surface area contributed by atoms with Gasteiger partial charge in [0.1, 0.15) is 12.6 Å². The largest absolute Gasteiger partial charge is 0.405 e. The molecule has 6 heteroatoms. The number of ether oxygens (including phenoxy) is 1. The smallest absolute Gasteiger partial charge is 0.319 e. The van der Waals surface area contributed by atoms with Crippen LogP contribution in [0, 0.1) is 11.3 Å². The van der Waals surface area contributed by atoms with E-state index >= 15 is 0 Å². The maximum Gasteiger partial charge on any atom is 0.319 e. The lowest BCUT2D eigenvalue weighted by molar-refractivity contribution is 0.0897. The Labute approximate surface area is 123 Å². The van der Waals surface area contributed by atoms with Gasteiger partial charge in [0.05, 0.1) is 12.7 Å². The zero-order valence-electron chi connectivity index (χ0n) is 11.6. The van der Waals surface area contributed by atoms with Crippen LogP contribution in [-0.2, 0) is 18.0 Å². The zero-order valence-corrected chi connectivity index (χ0v) is 11.6. The summed E-state index contributed by atoms with van der Waals surface area (Å²) in [5.41, 5.74) is 1.10. The summed E-state index contributed by atoms with van der Waals surface area (Å²) in [6.07, 6.45) is 1.82. The molecule has 1 unspecified atom stereocenters. The van der Waals surface area contributed by atoms with Crippen molar-refractivity contribution in [1.82, 2.24) is 10.2 Å². The van der Waals surface area contributed by atoms with E-state index in [-0.39, 0.29) is 12.6 Å². The number of anilines is 1. The summed E-state index contributed by atoms with van der Waals surface area (Å²) in [5.74, 6) is 0.435. The molecule has 0 radical (unpaired) electrons. The van der Waals surface area contributed by atoms with Crippen LogP contribution in [0.4, 0.5) is 6.01 Å². The fourth-order valence-corrected chi connectivity index (χ4v) is 2.38. The Morgan fingerprint density at radius 3 is 2.95 bits per heavy atom. The van der Waals surface area contributed by atoms with E-state index < -0.39 is 0 Å². The van der Waals surface area contributed by atoms with Gasteiger partial charge in [0, 0.05) is 6.54 Å². The van der Waals surface area contributed by atoms with Crippen LogP contribution in [0.25, 0.3) is 0 Å². The number of benzene rings is 1. The molecule has 1 saturated heterocycles. The topological polar surface area (TPSA) is 75.2 Å². The zero-order chi connectivity index (χ0) is 14.5. The maximum atomic E-state index is 9.07. The Morgan fingerprint density at radius 2 is 2.14 bits per heavy atom. The van der Waals surface area contributed by atoms with Gasteiger partial charge in [0.2, 0.25) is 5.89 Å². The van der Waals surface area contributed by atoms with Crippen molar-refractivity contribution in [2.24, 2.45) is 0 Å². The van der Waals surface area contributed by atoms with Crippen molar-refractivity contribution in [2.45, 2.75) is 32.1 Å². The van der Waals surface area contributed by atoms with Gasteiger partial charge in [-0.25, -0.2) is 0 Å². The van der Waals surface area contributed by atoms with Crippen LogP contribution in [0.5, 0.6) is 0 Å². The van der Waals surface area contributed by atoms with Crippen molar-refractivity contribution < 1.29 is 9.15 Å². The Kier molecular flexibility index (Phi) is 4.12. The monoisotopic (exact) mass is 284 g/mol. The van der Waals surface area contributed by atoms with Gasteiger partial charge in [-0.3, -0.25) is 0 Å². The molecule has 1 aliphatic heterocycles. The lowest BCUT2D eigenvalue weighted by Crippen LogP contribution is -2.27. The van der Waals surface area contributed by atoms with Crippen molar-refractivity contribution in [2.75, 3.05) is 11.4 Å². The molecule has 0 bridgehead atoms. The SMILES string of the molecule is N#CC1CCCN1c1nnc(COCc2ccccc2)o1. The second kappa shape index (κ2) is 6.37. The van der Waals surface area contributed by atoms with Crippen LogP contribution >= 0.6 is 0 Å². The Morgan fingerprint density at radius 1 is 1.29 bits per heavy atom. The van der Waals surface area contributed by atoms with Crippen molar-refractivity contribution in [1.29, 1.82) is 5.26 Å². The molecule has 21 heavy (non-hydrogen) atoms. The molecule has 3 rings (SSSR count). The molecule has 1 aliphatic rings. The molecular weight excluding hydrogens is 268 g/mol. The van der Waals surface area contributed by atoms with E-state index in [0.717, 1.165) is 24.9 Å². The van der Waals surface area contributed by atoms with Gasteiger partial charge >= 0.3 is 6.01 Å². The molecule has 6 nitrogen and oxygen atoms in total. The van der Waals surface area contributed by atoms with Crippen LogP contribution in [0.3, 0.4) is 0 Å². The van der Waals surface area contributed by atoms with Crippen molar-refractivity contribution in [3.8, 4) is 6.07 Å². The molecule has 0 aliphatic carbocycles. The average molecular weight is 284 g/mol. The number of aromatic nitrogens is 2. The highest BCUT2D eigenvalue weighted by Gasteiger charge is 2.28. The van der Waals surface area contributed by atoms with Gasteiger partial charge in [-0.1, -0.05) is 35.4 Å². The summed E-state index contributed by atoms with van der Waals surface area (Å²) in [6, 6.07) is 12.4. The summed E-state index contributed by atoms with van der Waals surface area (Å²) < 4.78 is 11.1. The predicted octanol–water partition coefficient (Wildman–Crippen LogP) is 2.28. The van der Waals surface area contributed by atoms with E-state index in [1.54, 1.807) is 0 Å². The van der Waals surface area contributed by atoms with Gasteiger partial charge < -0.3 is 14.1 Å². The highest BCUT2D eigenvalue weighted by molar-refractivity contribution is 5.32. The first-order valence-electron chi connectivity index (χ1n) is 6.97. The first-order valence-corrected chi connectivity index (χ1v) is 6.97. The van der Waals surface area contributed by atoms with Gasteiger partial charge in [-0.15, -0.1) is 5.10 Å². The Bertz CT molecular complexity index is 620. The first kappa shape index (κ1) is 13.6. The normalized spacial score (nSPS) is 17.9. The third-order valence-corrected chi connectivity index (χ3v) is 3.44. The lowest BCUT2D eigenvalue weighted by atomic mass is 10.2. The summed E-state index contributed by atoms with van der Waals surface area (Å²) in [6.45, 7) is 1.56. The quantitative estimate of drug-likeness (QED) is 0.838. The van der Waals surface area contributed by atoms with Gasteiger partial charge in [0.25, 0.3) is 0 Å². The van der Waals surface area contributed by atoms with Crippen LogP contribution < -0.4 is 4.90 Å². The minimum atomic E-state index is -0.163. The summed E-state index contributed by atoms with van der Waals surface area (Å²) in [7, 11) is 0.